The highest BCUT2D eigenvalue weighted by molar-refractivity contribution is 5.87. The number of benzene rings is 2. The number of ether oxygens (including phenoxy) is 1. The van der Waals surface area contributed by atoms with Gasteiger partial charge >= 0.3 is 0 Å². The van der Waals surface area contributed by atoms with E-state index in [-0.39, 0.29) is 5.75 Å². The normalized spacial score (nSPS) is 11.0. The number of hydrogen-bond donors (Lipinski definition) is 1. The Morgan fingerprint density at radius 2 is 1.81 bits per heavy atom. The predicted molar refractivity (Wildman–Crippen MR) is 87.2 cm³/mol. The van der Waals surface area contributed by atoms with Gasteiger partial charge in [0.1, 0.15) is 0 Å². The average molecular weight is 283 g/mol. The van der Waals surface area contributed by atoms with Gasteiger partial charge in [0.05, 0.1) is 12.3 Å². The summed E-state index contributed by atoms with van der Waals surface area (Å²) in [7, 11) is 0. The zero-order valence-electron chi connectivity index (χ0n) is 13.0. The predicted octanol–water partition coefficient (Wildman–Crippen LogP) is 4.47. The molecule has 0 atom stereocenters. The van der Waals surface area contributed by atoms with Gasteiger partial charge in [-0.2, -0.15) is 0 Å². The van der Waals surface area contributed by atoms with Gasteiger partial charge < -0.3 is 9.84 Å². The van der Waals surface area contributed by atoms with Gasteiger partial charge in [-0.25, -0.2) is 0 Å². The van der Waals surface area contributed by atoms with Crippen LogP contribution in [-0.4, -0.2) is 17.9 Å². The minimum atomic E-state index is 0.130. The summed E-state index contributed by atoms with van der Waals surface area (Å²) in [6, 6.07) is 9.63. The van der Waals surface area contributed by atoms with Crippen molar-refractivity contribution < 1.29 is 9.84 Å². The molecule has 0 fully saturated rings. The Balaban J connectivity index is 2.36. The molecule has 21 heavy (non-hydrogen) atoms. The largest absolute Gasteiger partial charge is 0.504 e. The molecule has 0 aliphatic rings. The molecule has 0 radical (unpaired) electrons. The van der Waals surface area contributed by atoms with Crippen LogP contribution in [0.1, 0.15) is 29.2 Å². The first-order chi connectivity index (χ1) is 10.0. The topological polar surface area (TPSA) is 41.8 Å². The lowest BCUT2D eigenvalue weighted by Crippen LogP contribution is -1.93. The minimum Gasteiger partial charge on any atom is -0.504 e. The van der Waals surface area contributed by atoms with Crippen molar-refractivity contribution in [3.8, 4) is 11.5 Å². The zero-order chi connectivity index (χ0) is 15.4. The van der Waals surface area contributed by atoms with Crippen LogP contribution >= 0.6 is 0 Å². The number of rotatable bonds is 4. The van der Waals surface area contributed by atoms with E-state index in [1.54, 1.807) is 12.3 Å². The lowest BCUT2D eigenvalue weighted by molar-refractivity contribution is 0.318. The summed E-state index contributed by atoms with van der Waals surface area (Å²) >= 11 is 0. The SMILES string of the molecule is CCOc1cccc(C=Nc2c(C)cc(C)cc2C)c1O. The Kier molecular flexibility index (Phi) is 4.63. The monoisotopic (exact) mass is 283 g/mol. The van der Waals surface area contributed by atoms with Crippen LogP contribution in [-0.2, 0) is 0 Å². The summed E-state index contributed by atoms with van der Waals surface area (Å²) in [4.78, 5) is 4.54. The molecule has 3 nitrogen and oxygen atoms in total. The van der Waals surface area contributed by atoms with Gasteiger partial charge in [-0.3, -0.25) is 4.99 Å². The van der Waals surface area contributed by atoms with Gasteiger partial charge in [-0.1, -0.05) is 23.8 Å². The van der Waals surface area contributed by atoms with Crippen molar-refractivity contribution in [3.05, 3.63) is 52.6 Å². The van der Waals surface area contributed by atoms with Crippen LogP contribution in [0.2, 0.25) is 0 Å². The van der Waals surface area contributed by atoms with E-state index in [1.165, 1.54) is 5.56 Å². The van der Waals surface area contributed by atoms with Gasteiger partial charge in [0.25, 0.3) is 0 Å². The van der Waals surface area contributed by atoms with Crippen molar-refractivity contribution in [2.45, 2.75) is 27.7 Å². The van der Waals surface area contributed by atoms with Crippen LogP contribution in [0, 0.1) is 20.8 Å². The average Bonchev–Trinajstić information content (AvgIpc) is 2.41. The molecule has 0 saturated heterocycles. The third kappa shape index (κ3) is 3.43. The van der Waals surface area contributed by atoms with E-state index < -0.39 is 0 Å². The van der Waals surface area contributed by atoms with E-state index in [0.717, 1.165) is 16.8 Å². The molecule has 0 spiro atoms. The van der Waals surface area contributed by atoms with Crippen LogP contribution in [0.3, 0.4) is 0 Å². The van der Waals surface area contributed by atoms with Crippen LogP contribution in [0.25, 0.3) is 0 Å². The van der Waals surface area contributed by atoms with E-state index in [9.17, 15) is 5.11 Å². The van der Waals surface area contributed by atoms with E-state index in [1.807, 2.05) is 32.9 Å². The van der Waals surface area contributed by atoms with Crippen molar-refractivity contribution in [1.29, 1.82) is 0 Å². The van der Waals surface area contributed by atoms with Crippen LogP contribution in [0.5, 0.6) is 11.5 Å². The summed E-state index contributed by atoms with van der Waals surface area (Å²) in [5.74, 6) is 0.615. The second-order valence-corrected chi connectivity index (χ2v) is 5.13. The summed E-state index contributed by atoms with van der Waals surface area (Å²) in [5, 5.41) is 10.2. The fraction of sp³-hybridized carbons (Fsp3) is 0.278. The van der Waals surface area contributed by atoms with E-state index >= 15 is 0 Å². The second kappa shape index (κ2) is 6.44. The van der Waals surface area contributed by atoms with E-state index in [2.05, 4.69) is 24.0 Å². The van der Waals surface area contributed by atoms with Crippen molar-refractivity contribution in [3.63, 3.8) is 0 Å². The molecule has 0 aliphatic heterocycles. The molecule has 1 N–H and O–H groups in total. The molecule has 0 aliphatic carbocycles. The van der Waals surface area contributed by atoms with E-state index in [4.69, 9.17) is 4.74 Å². The molecular weight excluding hydrogens is 262 g/mol. The van der Waals surface area contributed by atoms with Crippen molar-refractivity contribution in [1.82, 2.24) is 0 Å². The maximum atomic E-state index is 10.2. The minimum absolute atomic E-state index is 0.130. The molecular formula is C18H21NO2. The number of phenols is 1. The smallest absolute Gasteiger partial charge is 0.166 e. The molecule has 110 valence electrons. The molecule has 0 heterocycles. The first-order valence-corrected chi connectivity index (χ1v) is 7.09. The molecule has 0 aromatic heterocycles. The van der Waals surface area contributed by atoms with Gasteiger partial charge in [0, 0.05) is 11.8 Å². The molecule has 2 rings (SSSR count). The second-order valence-electron chi connectivity index (χ2n) is 5.13. The summed E-state index contributed by atoms with van der Waals surface area (Å²) in [5.41, 5.74) is 5.08. The Labute approximate surface area is 125 Å². The molecule has 0 bridgehead atoms. The number of aryl methyl sites for hydroxylation is 3. The highest BCUT2D eigenvalue weighted by atomic mass is 16.5. The van der Waals surface area contributed by atoms with Crippen LogP contribution < -0.4 is 4.74 Å². The zero-order valence-corrected chi connectivity index (χ0v) is 13.0. The third-order valence-electron chi connectivity index (χ3n) is 3.30. The molecule has 0 saturated carbocycles. The highest BCUT2D eigenvalue weighted by Gasteiger charge is 2.07. The first-order valence-electron chi connectivity index (χ1n) is 7.09. The Bertz CT molecular complexity index is 652. The number of aromatic hydroxyl groups is 1. The third-order valence-corrected chi connectivity index (χ3v) is 3.30. The van der Waals surface area contributed by atoms with Crippen LogP contribution in [0.15, 0.2) is 35.3 Å². The lowest BCUT2D eigenvalue weighted by Gasteiger charge is -2.08. The van der Waals surface area contributed by atoms with Crippen molar-refractivity contribution in [2.24, 2.45) is 4.99 Å². The van der Waals surface area contributed by atoms with Crippen LogP contribution in [0.4, 0.5) is 5.69 Å². The van der Waals surface area contributed by atoms with E-state index in [0.29, 0.717) is 17.9 Å². The number of aliphatic imine (C=N–C) groups is 1. The number of phenolic OH excluding ortho intramolecular Hbond substituents is 1. The summed E-state index contributed by atoms with van der Waals surface area (Å²) in [6.07, 6.45) is 1.68. The molecule has 2 aromatic rings. The fourth-order valence-corrected chi connectivity index (χ4v) is 2.43. The van der Waals surface area contributed by atoms with Crippen molar-refractivity contribution >= 4 is 11.9 Å². The van der Waals surface area contributed by atoms with Gasteiger partial charge in [-0.05, 0) is 51.0 Å². The summed E-state index contributed by atoms with van der Waals surface area (Å²) in [6.45, 7) is 8.57. The Morgan fingerprint density at radius 3 is 2.43 bits per heavy atom. The Morgan fingerprint density at radius 1 is 1.14 bits per heavy atom. The standard InChI is InChI=1S/C18H21NO2/c1-5-21-16-8-6-7-15(18(16)20)11-19-17-13(3)9-12(2)10-14(17)4/h6-11,20H,5H2,1-4H3. The maximum Gasteiger partial charge on any atom is 0.166 e. The highest BCUT2D eigenvalue weighted by Crippen LogP contribution is 2.30. The fourth-order valence-electron chi connectivity index (χ4n) is 2.43. The number of nitrogens with zero attached hydrogens (tertiary/aromatic N) is 1. The van der Waals surface area contributed by atoms with Gasteiger partial charge in [0.2, 0.25) is 0 Å². The molecule has 0 amide bonds. The molecule has 0 unspecified atom stereocenters. The maximum absolute atomic E-state index is 10.2. The number of hydrogen-bond acceptors (Lipinski definition) is 3. The van der Waals surface area contributed by atoms with Crippen molar-refractivity contribution in [2.75, 3.05) is 6.61 Å². The quantitative estimate of drug-likeness (QED) is 0.841. The summed E-state index contributed by atoms with van der Waals surface area (Å²) < 4.78 is 5.38. The molecule has 3 heteroatoms. The van der Waals surface area contributed by atoms with Gasteiger partial charge in [-0.15, -0.1) is 0 Å². The first kappa shape index (κ1) is 15.1. The lowest BCUT2D eigenvalue weighted by atomic mass is 10.1. The number of para-hydroxylation sites is 1. The Hall–Kier alpha value is -2.29. The van der Waals surface area contributed by atoms with Gasteiger partial charge in [0.15, 0.2) is 11.5 Å². The molecule has 2 aromatic carbocycles.